The van der Waals surface area contributed by atoms with Crippen molar-refractivity contribution in [2.24, 2.45) is 13.0 Å². The average molecular weight is 236 g/mol. The standard InChI is InChI=1S/C13H24N4/c1-16-7-4-12(5-8-16)9-14-6-3-13-10-15-17(2)11-13/h10-12,14H,3-9H2,1-2H3. The Hall–Kier alpha value is -0.870. The number of nitrogens with zero attached hydrogens (tertiary/aromatic N) is 3. The second kappa shape index (κ2) is 6.17. The van der Waals surface area contributed by atoms with Crippen molar-refractivity contribution in [1.29, 1.82) is 0 Å². The van der Waals surface area contributed by atoms with Crippen LogP contribution in [-0.2, 0) is 13.5 Å². The SMILES string of the molecule is CN1CCC(CNCCc2cnn(C)c2)CC1. The molecule has 0 aromatic carbocycles. The normalized spacial score (nSPS) is 18.7. The number of rotatable bonds is 5. The molecule has 2 rings (SSSR count). The van der Waals surface area contributed by atoms with Crippen LogP contribution < -0.4 is 5.32 Å². The lowest BCUT2D eigenvalue weighted by atomic mass is 9.97. The summed E-state index contributed by atoms with van der Waals surface area (Å²) in [6, 6.07) is 0. The molecule has 17 heavy (non-hydrogen) atoms. The Morgan fingerprint density at radius 1 is 1.35 bits per heavy atom. The molecule has 0 atom stereocenters. The van der Waals surface area contributed by atoms with E-state index in [1.54, 1.807) is 0 Å². The van der Waals surface area contributed by atoms with Crippen LogP contribution in [0.2, 0.25) is 0 Å². The third-order valence-corrected chi connectivity index (χ3v) is 3.62. The minimum Gasteiger partial charge on any atom is -0.316 e. The second-order valence-electron chi connectivity index (χ2n) is 5.22. The van der Waals surface area contributed by atoms with Crippen LogP contribution >= 0.6 is 0 Å². The fraction of sp³-hybridized carbons (Fsp3) is 0.769. The van der Waals surface area contributed by atoms with Gasteiger partial charge >= 0.3 is 0 Å². The van der Waals surface area contributed by atoms with Gasteiger partial charge in [-0.05, 0) is 64.0 Å². The summed E-state index contributed by atoms with van der Waals surface area (Å²) in [7, 11) is 4.18. The summed E-state index contributed by atoms with van der Waals surface area (Å²) in [6.07, 6.45) is 7.82. The van der Waals surface area contributed by atoms with Crippen LogP contribution in [-0.4, -0.2) is 47.9 Å². The van der Waals surface area contributed by atoms with Crippen molar-refractivity contribution in [3.8, 4) is 0 Å². The Kier molecular flexibility index (Phi) is 4.57. The number of nitrogens with one attached hydrogen (secondary N) is 1. The second-order valence-corrected chi connectivity index (χ2v) is 5.22. The van der Waals surface area contributed by atoms with E-state index >= 15 is 0 Å². The van der Waals surface area contributed by atoms with Crippen molar-refractivity contribution in [2.45, 2.75) is 19.3 Å². The largest absolute Gasteiger partial charge is 0.316 e. The smallest absolute Gasteiger partial charge is 0.0522 e. The Balaban J connectivity index is 1.57. The monoisotopic (exact) mass is 236 g/mol. The number of piperidine rings is 1. The highest BCUT2D eigenvalue weighted by Gasteiger charge is 2.15. The number of aromatic nitrogens is 2. The maximum Gasteiger partial charge on any atom is 0.0522 e. The number of likely N-dealkylation sites (tertiary alicyclic amines) is 1. The van der Waals surface area contributed by atoms with Crippen LogP contribution in [0.1, 0.15) is 18.4 Å². The molecule has 0 spiro atoms. The predicted octanol–water partition coefficient (Wildman–Crippen LogP) is 0.894. The van der Waals surface area contributed by atoms with E-state index in [1.165, 1.54) is 38.0 Å². The zero-order valence-corrected chi connectivity index (χ0v) is 11.0. The van der Waals surface area contributed by atoms with Gasteiger partial charge in [-0.3, -0.25) is 4.68 Å². The minimum absolute atomic E-state index is 0.875. The van der Waals surface area contributed by atoms with Crippen molar-refractivity contribution in [3.05, 3.63) is 18.0 Å². The molecule has 2 heterocycles. The molecule has 0 unspecified atom stereocenters. The number of aryl methyl sites for hydroxylation is 1. The van der Waals surface area contributed by atoms with E-state index in [1.807, 2.05) is 17.9 Å². The molecule has 1 fully saturated rings. The van der Waals surface area contributed by atoms with Gasteiger partial charge in [0.2, 0.25) is 0 Å². The van der Waals surface area contributed by atoms with E-state index in [4.69, 9.17) is 0 Å². The molecule has 1 N–H and O–H groups in total. The summed E-state index contributed by atoms with van der Waals surface area (Å²) in [4.78, 5) is 2.42. The first-order chi connectivity index (χ1) is 8.24. The molecule has 1 aromatic rings. The molecule has 96 valence electrons. The van der Waals surface area contributed by atoms with E-state index in [-0.39, 0.29) is 0 Å². The lowest BCUT2D eigenvalue weighted by molar-refractivity contribution is 0.216. The molecule has 1 saturated heterocycles. The zero-order chi connectivity index (χ0) is 12.1. The summed E-state index contributed by atoms with van der Waals surface area (Å²) >= 11 is 0. The first kappa shape index (κ1) is 12.6. The summed E-state index contributed by atoms with van der Waals surface area (Å²) in [5, 5.41) is 7.75. The molecule has 1 aromatic heterocycles. The number of hydrogen-bond acceptors (Lipinski definition) is 3. The highest BCUT2D eigenvalue weighted by Crippen LogP contribution is 2.14. The molecule has 0 radical (unpaired) electrons. The topological polar surface area (TPSA) is 33.1 Å². The summed E-state index contributed by atoms with van der Waals surface area (Å²) in [5.74, 6) is 0.875. The molecular weight excluding hydrogens is 212 g/mol. The molecule has 1 aliphatic rings. The fourth-order valence-corrected chi connectivity index (χ4v) is 2.41. The lowest BCUT2D eigenvalue weighted by Crippen LogP contribution is -2.35. The van der Waals surface area contributed by atoms with E-state index in [0.29, 0.717) is 0 Å². The van der Waals surface area contributed by atoms with Crippen molar-refractivity contribution in [1.82, 2.24) is 20.0 Å². The molecule has 4 nitrogen and oxygen atoms in total. The highest BCUT2D eigenvalue weighted by atomic mass is 15.2. The molecule has 1 aliphatic heterocycles. The summed E-state index contributed by atoms with van der Waals surface area (Å²) in [6.45, 7) is 4.76. The van der Waals surface area contributed by atoms with Gasteiger partial charge < -0.3 is 10.2 Å². The number of hydrogen-bond donors (Lipinski definition) is 1. The molecule has 0 saturated carbocycles. The first-order valence-electron chi connectivity index (χ1n) is 6.61. The van der Waals surface area contributed by atoms with Gasteiger partial charge in [0.15, 0.2) is 0 Å². The van der Waals surface area contributed by atoms with Crippen molar-refractivity contribution >= 4 is 0 Å². The maximum atomic E-state index is 4.18. The van der Waals surface area contributed by atoms with E-state index in [0.717, 1.165) is 18.9 Å². The molecule has 0 bridgehead atoms. The van der Waals surface area contributed by atoms with Crippen molar-refractivity contribution in [3.63, 3.8) is 0 Å². The van der Waals surface area contributed by atoms with Crippen LogP contribution in [0.15, 0.2) is 12.4 Å². The van der Waals surface area contributed by atoms with Crippen LogP contribution in [0.25, 0.3) is 0 Å². The van der Waals surface area contributed by atoms with Crippen molar-refractivity contribution < 1.29 is 0 Å². The van der Waals surface area contributed by atoms with Crippen LogP contribution in [0.5, 0.6) is 0 Å². The Labute approximate surface area is 104 Å². The average Bonchev–Trinajstić information content (AvgIpc) is 2.73. The minimum atomic E-state index is 0.875. The van der Waals surface area contributed by atoms with Gasteiger partial charge in [0.1, 0.15) is 0 Å². The van der Waals surface area contributed by atoms with E-state index in [2.05, 4.69) is 28.6 Å². The van der Waals surface area contributed by atoms with Gasteiger partial charge in [-0.1, -0.05) is 0 Å². The van der Waals surface area contributed by atoms with Gasteiger partial charge in [0.05, 0.1) is 6.20 Å². The van der Waals surface area contributed by atoms with Gasteiger partial charge in [0.25, 0.3) is 0 Å². The molecular formula is C13H24N4. The summed E-state index contributed by atoms with van der Waals surface area (Å²) < 4.78 is 1.87. The van der Waals surface area contributed by atoms with Crippen LogP contribution in [0, 0.1) is 5.92 Å². The van der Waals surface area contributed by atoms with Gasteiger partial charge in [-0.15, -0.1) is 0 Å². The lowest BCUT2D eigenvalue weighted by Gasteiger charge is -2.29. The predicted molar refractivity (Wildman–Crippen MR) is 70.0 cm³/mol. The van der Waals surface area contributed by atoms with Gasteiger partial charge in [-0.25, -0.2) is 0 Å². The van der Waals surface area contributed by atoms with Gasteiger partial charge in [0, 0.05) is 13.2 Å². The zero-order valence-electron chi connectivity index (χ0n) is 11.0. The van der Waals surface area contributed by atoms with E-state index < -0.39 is 0 Å². The molecule has 0 amide bonds. The summed E-state index contributed by atoms with van der Waals surface area (Å²) in [5.41, 5.74) is 1.32. The van der Waals surface area contributed by atoms with E-state index in [9.17, 15) is 0 Å². The van der Waals surface area contributed by atoms with Crippen LogP contribution in [0.3, 0.4) is 0 Å². The van der Waals surface area contributed by atoms with Crippen molar-refractivity contribution in [2.75, 3.05) is 33.2 Å². The quantitative estimate of drug-likeness (QED) is 0.771. The third-order valence-electron chi connectivity index (χ3n) is 3.62. The van der Waals surface area contributed by atoms with Crippen LogP contribution in [0.4, 0.5) is 0 Å². The molecule has 4 heteroatoms. The Bertz CT molecular complexity index is 326. The fourth-order valence-electron chi connectivity index (χ4n) is 2.41. The highest BCUT2D eigenvalue weighted by molar-refractivity contribution is 5.03. The van der Waals surface area contributed by atoms with Gasteiger partial charge in [-0.2, -0.15) is 5.10 Å². The third kappa shape index (κ3) is 4.13. The molecule has 0 aliphatic carbocycles. The first-order valence-corrected chi connectivity index (χ1v) is 6.61. The maximum absolute atomic E-state index is 4.18. The Morgan fingerprint density at radius 2 is 2.12 bits per heavy atom. The Morgan fingerprint density at radius 3 is 2.76 bits per heavy atom.